The molecule has 106 valence electrons. The highest BCUT2D eigenvalue weighted by Crippen LogP contribution is 2.11. The highest BCUT2D eigenvalue weighted by atomic mass is 79.9. The minimum absolute atomic E-state index is 0.0397. The van der Waals surface area contributed by atoms with Crippen molar-refractivity contribution in [2.24, 2.45) is 0 Å². The molecule has 0 unspecified atom stereocenters. The van der Waals surface area contributed by atoms with Crippen molar-refractivity contribution in [1.29, 1.82) is 0 Å². The Labute approximate surface area is 127 Å². The Kier molecular flexibility index (Phi) is 5.28. The number of benzene rings is 1. The van der Waals surface area contributed by atoms with Crippen LogP contribution in [0.3, 0.4) is 0 Å². The van der Waals surface area contributed by atoms with E-state index in [1.54, 1.807) is 6.20 Å². The molecule has 1 heterocycles. The predicted molar refractivity (Wildman–Crippen MR) is 82.7 cm³/mol. The zero-order chi connectivity index (χ0) is 14.4. The number of aryl methyl sites for hydroxylation is 1. The summed E-state index contributed by atoms with van der Waals surface area (Å²) in [5.74, 6) is 0.0397. The number of sulfonamides is 1. The molecule has 2 aromatic rings. The van der Waals surface area contributed by atoms with Gasteiger partial charge < -0.3 is 0 Å². The average molecular weight is 355 g/mol. The van der Waals surface area contributed by atoms with Gasteiger partial charge in [0.15, 0.2) is 0 Å². The van der Waals surface area contributed by atoms with E-state index in [4.69, 9.17) is 0 Å². The molecule has 0 saturated heterocycles. The SMILES string of the molecule is O=S(=O)(CCc1ccccn1)NCc1cccc(Br)c1. The van der Waals surface area contributed by atoms with Crippen LogP contribution in [0.4, 0.5) is 0 Å². The van der Waals surface area contributed by atoms with Crippen molar-refractivity contribution in [2.45, 2.75) is 13.0 Å². The molecule has 0 atom stereocenters. The topological polar surface area (TPSA) is 59.1 Å². The second-order valence-corrected chi connectivity index (χ2v) is 7.18. The van der Waals surface area contributed by atoms with Gasteiger partial charge in [-0.2, -0.15) is 0 Å². The monoisotopic (exact) mass is 354 g/mol. The Bertz CT molecular complexity index is 660. The first-order valence-corrected chi connectivity index (χ1v) is 8.61. The summed E-state index contributed by atoms with van der Waals surface area (Å²) in [6.07, 6.45) is 2.07. The molecule has 1 N–H and O–H groups in total. The van der Waals surface area contributed by atoms with Gasteiger partial charge in [-0.1, -0.05) is 34.1 Å². The number of aromatic nitrogens is 1. The van der Waals surface area contributed by atoms with Crippen LogP contribution < -0.4 is 4.72 Å². The van der Waals surface area contributed by atoms with Gasteiger partial charge in [0, 0.05) is 29.3 Å². The average Bonchev–Trinajstić information content (AvgIpc) is 2.45. The largest absolute Gasteiger partial charge is 0.261 e. The van der Waals surface area contributed by atoms with Crippen molar-refractivity contribution in [3.8, 4) is 0 Å². The van der Waals surface area contributed by atoms with Crippen molar-refractivity contribution in [3.63, 3.8) is 0 Å². The van der Waals surface area contributed by atoms with E-state index in [-0.39, 0.29) is 5.75 Å². The lowest BCUT2D eigenvalue weighted by Crippen LogP contribution is -2.27. The van der Waals surface area contributed by atoms with Gasteiger partial charge in [0.1, 0.15) is 0 Å². The summed E-state index contributed by atoms with van der Waals surface area (Å²) in [5.41, 5.74) is 1.70. The van der Waals surface area contributed by atoms with Crippen molar-refractivity contribution < 1.29 is 8.42 Å². The van der Waals surface area contributed by atoms with Crippen LogP contribution in [0.5, 0.6) is 0 Å². The Morgan fingerprint density at radius 3 is 2.70 bits per heavy atom. The minimum Gasteiger partial charge on any atom is -0.261 e. The first kappa shape index (κ1) is 15.2. The Balaban J connectivity index is 1.88. The second-order valence-electron chi connectivity index (χ2n) is 4.34. The standard InChI is InChI=1S/C14H15BrN2O2S/c15-13-5-3-4-12(10-13)11-17-20(18,19)9-7-14-6-1-2-8-16-14/h1-6,8,10,17H,7,9,11H2. The van der Waals surface area contributed by atoms with Gasteiger partial charge in [-0.15, -0.1) is 0 Å². The van der Waals surface area contributed by atoms with E-state index in [9.17, 15) is 8.42 Å². The molecule has 0 amide bonds. The van der Waals surface area contributed by atoms with Gasteiger partial charge >= 0.3 is 0 Å². The molecule has 0 bridgehead atoms. The van der Waals surface area contributed by atoms with Crippen molar-refractivity contribution in [1.82, 2.24) is 9.71 Å². The summed E-state index contributed by atoms with van der Waals surface area (Å²) in [5, 5.41) is 0. The van der Waals surface area contributed by atoms with Crippen LogP contribution in [0.1, 0.15) is 11.3 Å². The molecule has 20 heavy (non-hydrogen) atoms. The minimum atomic E-state index is -3.30. The summed E-state index contributed by atoms with van der Waals surface area (Å²) in [7, 11) is -3.30. The maximum Gasteiger partial charge on any atom is 0.212 e. The van der Waals surface area contributed by atoms with Gasteiger partial charge in [0.2, 0.25) is 10.0 Å². The highest BCUT2D eigenvalue weighted by molar-refractivity contribution is 9.10. The Hall–Kier alpha value is -1.24. The van der Waals surface area contributed by atoms with Crippen LogP contribution >= 0.6 is 15.9 Å². The molecule has 4 nitrogen and oxygen atoms in total. The molecule has 0 aliphatic heterocycles. The molecule has 2 rings (SSSR count). The molecule has 1 aromatic carbocycles. The summed E-state index contributed by atoms with van der Waals surface area (Å²) >= 11 is 3.36. The van der Waals surface area contributed by atoms with Crippen molar-refractivity contribution in [3.05, 3.63) is 64.4 Å². The normalized spacial score (nSPS) is 11.4. The fourth-order valence-electron chi connectivity index (χ4n) is 1.70. The number of nitrogens with zero attached hydrogens (tertiary/aromatic N) is 1. The summed E-state index contributed by atoms with van der Waals surface area (Å²) < 4.78 is 27.4. The molecule has 0 fully saturated rings. The number of nitrogens with one attached hydrogen (secondary N) is 1. The third-order valence-electron chi connectivity index (χ3n) is 2.74. The number of pyridine rings is 1. The highest BCUT2D eigenvalue weighted by Gasteiger charge is 2.10. The van der Waals surface area contributed by atoms with E-state index in [0.717, 1.165) is 15.7 Å². The van der Waals surface area contributed by atoms with E-state index in [0.29, 0.717) is 13.0 Å². The Morgan fingerprint density at radius 1 is 1.15 bits per heavy atom. The van der Waals surface area contributed by atoms with Crippen LogP contribution in [0.15, 0.2) is 53.1 Å². The number of rotatable bonds is 6. The number of hydrogen-bond acceptors (Lipinski definition) is 3. The third-order valence-corrected chi connectivity index (χ3v) is 4.56. The molecular formula is C14H15BrN2O2S. The van der Waals surface area contributed by atoms with E-state index in [2.05, 4.69) is 25.6 Å². The van der Waals surface area contributed by atoms with Crippen LogP contribution in [0, 0.1) is 0 Å². The first-order valence-electron chi connectivity index (χ1n) is 6.17. The van der Waals surface area contributed by atoms with E-state index in [1.165, 1.54) is 0 Å². The fraction of sp³-hybridized carbons (Fsp3) is 0.214. The second kappa shape index (κ2) is 6.97. The van der Waals surface area contributed by atoms with Crippen LogP contribution in [-0.4, -0.2) is 19.2 Å². The van der Waals surface area contributed by atoms with Crippen LogP contribution in [0.25, 0.3) is 0 Å². The van der Waals surface area contributed by atoms with Gasteiger partial charge in [-0.05, 0) is 29.8 Å². The molecular weight excluding hydrogens is 340 g/mol. The number of halogens is 1. The maximum atomic E-state index is 11.9. The summed E-state index contributed by atoms with van der Waals surface area (Å²) in [6.45, 7) is 0.296. The quantitative estimate of drug-likeness (QED) is 0.866. The lowest BCUT2D eigenvalue weighted by Gasteiger charge is -2.07. The van der Waals surface area contributed by atoms with Crippen LogP contribution in [-0.2, 0) is 23.0 Å². The molecule has 1 aromatic heterocycles. The van der Waals surface area contributed by atoms with E-state index >= 15 is 0 Å². The molecule has 0 spiro atoms. The third kappa shape index (κ3) is 5.03. The van der Waals surface area contributed by atoms with E-state index in [1.807, 2.05) is 42.5 Å². The van der Waals surface area contributed by atoms with E-state index < -0.39 is 10.0 Å². The smallest absolute Gasteiger partial charge is 0.212 e. The van der Waals surface area contributed by atoms with Crippen LogP contribution in [0.2, 0.25) is 0 Å². The van der Waals surface area contributed by atoms with Crippen molar-refractivity contribution >= 4 is 26.0 Å². The lowest BCUT2D eigenvalue weighted by molar-refractivity contribution is 0.580. The maximum absolute atomic E-state index is 11.9. The zero-order valence-electron chi connectivity index (χ0n) is 10.8. The van der Waals surface area contributed by atoms with Crippen molar-refractivity contribution in [2.75, 3.05) is 5.75 Å². The summed E-state index contributed by atoms with van der Waals surface area (Å²) in [4.78, 5) is 4.11. The van der Waals surface area contributed by atoms with Gasteiger partial charge in [0.05, 0.1) is 5.75 Å². The molecule has 0 aliphatic rings. The zero-order valence-corrected chi connectivity index (χ0v) is 13.2. The predicted octanol–water partition coefficient (Wildman–Crippen LogP) is 2.51. The summed E-state index contributed by atoms with van der Waals surface area (Å²) in [6, 6.07) is 13.0. The molecule has 0 radical (unpaired) electrons. The molecule has 0 aliphatic carbocycles. The first-order chi connectivity index (χ1) is 9.55. The van der Waals surface area contributed by atoms with Gasteiger partial charge in [-0.25, -0.2) is 13.1 Å². The molecule has 6 heteroatoms. The molecule has 0 saturated carbocycles. The van der Waals surface area contributed by atoms with Gasteiger partial charge in [-0.3, -0.25) is 4.98 Å². The fourth-order valence-corrected chi connectivity index (χ4v) is 3.15. The lowest BCUT2D eigenvalue weighted by atomic mass is 10.2. The number of hydrogen-bond donors (Lipinski definition) is 1. The van der Waals surface area contributed by atoms with Gasteiger partial charge in [0.25, 0.3) is 0 Å². The Morgan fingerprint density at radius 2 is 2.00 bits per heavy atom.